The van der Waals surface area contributed by atoms with E-state index < -0.39 is 0 Å². The molecule has 8 aliphatic rings. The van der Waals surface area contributed by atoms with Gasteiger partial charge in [-0.2, -0.15) is 0 Å². The van der Waals surface area contributed by atoms with Crippen LogP contribution < -0.4 is 9.47 Å². The summed E-state index contributed by atoms with van der Waals surface area (Å²) in [5.41, 5.74) is 3.84. The van der Waals surface area contributed by atoms with E-state index in [0.29, 0.717) is 18.6 Å². The van der Waals surface area contributed by atoms with Crippen LogP contribution in [0.1, 0.15) is 88.2 Å². The van der Waals surface area contributed by atoms with E-state index in [9.17, 15) is 10.2 Å². The number of rotatable bonds is 8. The molecule has 2 N–H and O–H groups in total. The minimum atomic E-state index is 0.0114. The molecule has 0 saturated heterocycles. The minimum absolute atomic E-state index is 0.0114. The minimum Gasteiger partial charge on any atom is -0.491 e. The zero-order chi connectivity index (χ0) is 25.5. The Bertz CT molecular complexity index is 1160. The first-order chi connectivity index (χ1) is 18.6. The van der Waals surface area contributed by atoms with Crippen molar-refractivity contribution in [2.75, 3.05) is 26.4 Å². The van der Waals surface area contributed by atoms with Crippen LogP contribution in [0.15, 0.2) is 24.3 Å². The topological polar surface area (TPSA) is 58.9 Å². The van der Waals surface area contributed by atoms with E-state index in [4.69, 9.17) is 9.47 Å². The maximum Gasteiger partial charge on any atom is 0.127 e. The van der Waals surface area contributed by atoms with Crippen LogP contribution in [0, 0.1) is 35.5 Å². The molecule has 4 nitrogen and oxygen atoms in total. The van der Waals surface area contributed by atoms with Gasteiger partial charge in [0.05, 0.1) is 13.2 Å². The Kier molecular flexibility index (Phi) is 5.61. The molecule has 0 aromatic heterocycles. The first-order valence-corrected chi connectivity index (χ1v) is 15.7. The van der Waals surface area contributed by atoms with Gasteiger partial charge in [-0.3, -0.25) is 0 Å². The third-order valence-corrected chi connectivity index (χ3v) is 12.0. The Balaban J connectivity index is 1.38. The Morgan fingerprint density at radius 3 is 1.53 bits per heavy atom. The van der Waals surface area contributed by atoms with Crippen LogP contribution in [-0.2, 0) is 10.8 Å². The summed E-state index contributed by atoms with van der Waals surface area (Å²) < 4.78 is 12.5. The van der Waals surface area contributed by atoms with Crippen molar-refractivity contribution in [1.82, 2.24) is 0 Å². The molecule has 2 aromatic rings. The first-order valence-electron chi connectivity index (χ1n) is 15.7. The van der Waals surface area contributed by atoms with Crippen molar-refractivity contribution >= 4 is 10.8 Å². The molecule has 4 heteroatoms. The lowest BCUT2D eigenvalue weighted by Gasteiger charge is -2.61. The maximum atomic E-state index is 9.70. The van der Waals surface area contributed by atoms with Gasteiger partial charge in [-0.25, -0.2) is 0 Å². The SMILES string of the molecule is OCCOc1ccc(OCCO)c2c(C34CC5CC(CC(C5)C3)C4)c(C34CC5CC(CC(C5)C3)C4)ccc12. The normalized spacial score (nSPS) is 40.3. The van der Waals surface area contributed by atoms with Crippen molar-refractivity contribution in [2.24, 2.45) is 35.5 Å². The van der Waals surface area contributed by atoms with E-state index in [1.807, 2.05) is 6.07 Å². The monoisotopic (exact) mass is 516 g/mol. The Labute approximate surface area is 227 Å². The molecule has 2 aromatic carbocycles. The van der Waals surface area contributed by atoms with Gasteiger partial charge >= 0.3 is 0 Å². The van der Waals surface area contributed by atoms with Gasteiger partial charge in [-0.15, -0.1) is 0 Å². The smallest absolute Gasteiger partial charge is 0.127 e. The van der Waals surface area contributed by atoms with Gasteiger partial charge in [-0.05, 0) is 147 Å². The van der Waals surface area contributed by atoms with Crippen LogP contribution in [0.4, 0.5) is 0 Å². The Hall–Kier alpha value is -1.78. The summed E-state index contributed by atoms with van der Waals surface area (Å²) in [6.07, 6.45) is 16.8. The van der Waals surface area contributed by atoms with Crippen molar-refractivity contribution in [3.05, 3.63) is 35.4 Å². The molecule has 0 spiro atoms. The summed E-state index contributed by atoms with van der Waals surface area (Å²) in [6.45, 7) is 0.645. The molecule has 8 aliphatic carbocycles. The summed E-state index contributed by atoms with van der Waals surface area (Å²) in [5.74, 6) is 7.11. The third-order valence-electron chi connectivity index (χ3n) is 12.0. The van der Waals surface area contributed by atoms with Crippen LogP contribution in [0.3, 0.4) is 0 Å². The number of fused-ring (bicyclic) bond motifs is 1. The largest absolute Gasteiger partial charge is 0.491 e. The Morgan fingerprint density at radius 1 is 0.579 bits per heavy atom. The van der Waals surface area contributed by atoms with Crippen LogP contribution in [0.5, 0.6) is 11.5 Å². The quantitative estimate of drug-likeness (QED) is 0.420. The summed E-state index contributed by atoms with van der Waals surface area (Å²) in [5, 5.41) is 21.6. The van der Waals surface area contributed by atoms with E-state index in [-0.39, 0.29) is 18.6 Å². The van der Waals surface area contributed by atoms with Crippen molar-refractivity contribution in [3.63, 3.8) is 0 Å². The van der Waals surface area contributed by atoms with Crippen molar-refractivity contribution in [2.45, 2.75) is 87.9 Å². The second-order valence-electron chi connectivity index (χ2n) is 14.5. The fourth-order valence-electron chi connectivity index (χ4n) is 11.8. The number of aliphatic hydroxyl groups excluding tert-OH is 2. The molecule has 38 heavy (non-hydrogen) atoms. The summed E-state index contributed by atoms with van der Waals surface area (Å²) in [6, 6.07) is 8.95. The van der Waals surface area contributed by atoms with E-state index in [2.05, 4.69) is 18.2 Å². The molecule has 0 unspecified atom stereocenters. The highest BCUT2D eigenvalue weighted by atomic mass is 16.5. The zero-order valence-electron chi connectivity index (χ0n) is 22.8. The molecule has 10 rings (SSSR count). The van der Waals surface area contributed by atoms with Gasteiger partial charge in [0.1, 0.15) is 24.7 Å². The van der Waals surface area contributed by atoms with E-state index in [0.717, 1.165) is 52.4 Å². The van der Waals surface area contributed by atoms with Crippen molar-refractivity contribution in [3.8, 4) is 11.5 Å². The summed E-state index contributed by atoms with van der Waals surface area (Å²) >= 11 is 0. The summed E-state index contributed by atoms with van der Waals surface area (Å²) in [4.78, 5) is 0. The molecule has 8 saturated carbocycles. The number of aliphatic hydroxyl groups is 2. The molecule has 0 heterocycles. The van der Waals surface area contributed by atoms with Gasteiger partial charge in [0.25, 0.3) is 0 Å². The van der Waals surface area contributed by atoms with Crippen LogP contribution in [0.2, 0.25) is 0 Å². The standard InChI is InChI=1S/C34H44O4/c35-5-7-37-29-3-4-30(38-8-6-36)31-27(29)1-2-28(33-15-21-9-22(16-33)11-23(10-21)17-33)32(31)34-18-24-12-25(19-34)14-26(13-24)20-34/h1-4,21-26,35-36H,5-20H2. The molecule has 0 radical (unpaired) electrons. The van der Waals surface area contributed by atoms with Gasteiger partial charge in [0.15, 0.2) is 0 Å². The molecule has 0 amide bonds. The summed E-state index contributed by atoms with van der Waals surface area (Å²) in [7, 11) is 0. The van der Waals surface area contributed by atoms with E-state index in [1.54, 1.807) is 11.1 Å². The highest BCUT2D eigenvalue weighted by molar-refractivity contribution is 5.98. The fraction of sp³-hybridized carbons (Fsp3) is 0.706. The van der Waals surface area contributed by atoms with Crippen molar-refractivity contribution in [1.29, 1.82) is 0 Å². The molecule has 0 aliphatic heterocycles. The highest BCUT2D eigenvalue weighted by Gasteiger charge is 2.57. The second kappa shape index (κ2) is 8.86. The lowest BCUT2D eigenvalue weighted by Crippen LogP contribution is -2.52. The number of hydrogen-bond acceptors (Lipinski definition) is 4. The van der Waals surface area contributed by atoms with Crippen LogP contribution in [-0.4, -0.2) is 36.6 Å². The molecule has 8 fully saturated rings. The highest BCUT2D eigenvalue weighted by Crippen LogP contribution is 2.67. The second-order valence-corrected chi connectivity index (χ2v) is 14.5. The van der Waals surface area contributed by atoms with Gasteiger partial charge in [0, 0.05) is 10.8 Å². The van der Waals surface area contributed by atoms with Crippen LogP contribution in [0.25, 0.3) is 10.8 Å². The average molecular weight is 517 g/mol. The molecule has 8 bridgehead atoms. The van der Waals surface area contributed by atoms with E-state index in [1.165, 1.54) is 82.4 Å². The zero-order valence-corrected chi connectivity index (χ0v) is 22.8. The van der Waals surface area contributed by atoms with Crippen LogP contribution >= 0.6 is 0 Å². The van der Waals surface area contributed by atoms with Gasteiger partial charge < -0.3 is 19.7 Å². The predicted molar refractivity (Wildman–Crippen MR) is 149 cm³/mol. The predicted octanol–water partition coefficient (Wildman–Crippen LogP) is 6.52. The molecule has 204 valence electrons. The molecule has 0 atom stereocenters. The maximum absolute atomic E-state index is 9.70. The molecular formula is C34H44O4. The van der Waals surface area contributed by atoms with Gasteiger partial charge in [0.2, 0.25) is 0 Å². The Morgan fingerprint density at radius 2 is 1.03 bits per heavy atom. The molecular weight excluding hydrogens is 472 g/mol. The first kappa shape index (κ1) is 24.1. The van der Waals surface area contributed by atoms with E-state index >= 15 is 0 Å². The fourth-order valence-corrected chi connectivity index (χ4v) is 11.8. The number of hydrogen-bond donors (Lipinski definition) is 2. The lowest BCUT2D eigenvalue weighted by molar-refractivity contribution is -0.0169. The lowest BCUT2D eigenvalue weighted by atomic mass is 9.44. The van der Waals surface area contributed by atoms with Gasteiger partial charge in [-0.1, -0.05) is 12.1 Å². The third kappa shape index (κ3) is 3.61. The number of benzene rings is 2. The average Bonchev–Trinajstić information content (AvgIpc) is 2.88. The van der Waals surface area contributed by atoms with Crippen molar-refractivity contribution < 1.29 is 19.7 Å². The number of ether oxygens (including phenoxy) is 2.